The summed E-state index contributed by atoms with van der Waals surface area (Å²) in [5, 5.41) is 0. The van der Waals surface area contributed by atoms with Crippen molar-refractivity contribution in [2.24, 2.45) is 17.1 Å². The first-order valence-corrected chi connectivity index (χ1v) is 6.54. The molecule has 0 aliphatic carbocycles. The Bertz CT molecular complexity index is 151. The van der Waals surface area contributed by atoms with Crippen LogP contribution in [-0.4, -0.2) is 13.2 Å². The molecule has 0 aromatic rings. The van der Waals surface area contributed by atoms with Crippen LogP contribution >= 0.6 is 9.47 Å². The van der Waals surface area contributed by atoms with E-state index < -0.39 is 0 Å². The molecule has 0 rings (SSSR count). The van der Waals surface area contributed by atoms with Crippen LogP contribution in [0.3, 0.4) is 0 Å². The Morgan fingerprint density at radius 3 is 2.53 bits per heavy atom. The lowest BCUT2D eigenvalue weighted by Crippen LogP contribution is -2.20. The quantitative estimate of drug-likeness (QED) is 0.620. The van der Waals surface area contributed by atoms with Crippen LogP contribution in [0.15, 0.2) is 0 Å². The van der Waals surface area contributed by atoms with E-state index in [0.29, 0.717) is 11.3 Å². The van der Waals surface area contributed by atoms with E-state index in [2.05, 4.69) is 30.2 Å². The zero-order valence-corrected chi connectivity index (χ0v) is 11.7. The van der Waals surface area contributed by atoms with Gasteiger partial charge in [0.15, 0.2) is 0 Å². The fourth-order valence-corrected chi connectivity index (χ4v) is 2.62. The summed E-state index contributed by atoms with van der Waals surface area (Å²) in [7, 11) is 2.36. The lowest BCUT2D eigenvalue weighted by atomic mass is 9.78. The van der Waals surface area contributed by atoms with E-state index in [4.69, 9.17) is 10.3 Å². The molecule has 0 amide bonds. The molecule has 0 heterocycles. The molecule has 2 atom stereocenters. The van der Waals surface area contributed by atoms with Gasteiger partial charge in [0.05, 0.1) is 6.61 Å². The second kappa shape index (κ2) is 8.50. The van der Waals surface area contributed by atoms with Gasteiger partial charge in [-0.2, -0.15) is 0 Å². The first-order chi connectivity index (χ1) is 7.05. The lowest BCUT2D eigenvalue weighted by molar-refractivity contribution is 0.182. The molecule has 1 unspecified atom stereocenters. The molecule has 0 saturated heterocycles. The highest BCUT2D eigenvalue weighted by Crippen LogP contribution is 2.32. The highest BCUT2D eigenvalue weighted by molar-refractivity contribution is 7.09. The van der Waals surface area contributed by atoms with E-state index in [-0.39, 0.29) is 0 Å². The smallest absolute Gasteiger partial charge is 0.0530 e. The third-order valence-electron chi connectivity index (χ3n) is 2.92. The molecular weight excluding hydrogens is 205 g/mol. The molecule has 92 valence electrons. The molecular formula is C12H28NOP. The largest absolute Gasteiger partial charge is 0.365 e. The van der Waals surface area contributed by atoms with Crippen molar-refractivity contribution in [3.63, 3.8) is 0 Å². The van der Waals surface area contributed by atoms with E-state index in [1.807, 2.05) is 0 Å². The summed E-state index contributed by atoms with van der Waals surface area (Å²) in [4.78, 5) is 0. The van der Waals surface area contributed by atoms with Gasteiger partial charge in [-0.25, -0.2) is 0 Å². The van der Waals surface area contributed by atoms with Crippen LogP contribution < -0.4 is 5.73 Å². The summed E-state index contributed by atoms with van der Waals surface area (Å²) in [6.07, 6.45) is 6.11. The minimum Gasteiger partial charge on any atom is -0.365 e. The summed E-state index contributed by atoms with van der Waals surface area (Å²) >= 11 is 0. The Balaban J connectivity index is 4.01. The van der Waals surface area contributed by atoms with Gasteiger partial charge in [0.1, 0.15) is 0 Å². The van der Waals surface area contributed by atoms with Crippen LogP contribution in [0.25, 0.3) is 0 Å². The zero-order chi connectivity index (χ0) is 11.7. The van der Waals surface area contributed by atoms with Crippen molar-refractivity contribution in [2.75, 3.05) is 13.2 Å². The Hall–Kier alpha value is 0.350. The topological polar surface area (TPSA) is 35.2 Å². The van der Waals surface area contributed by atoms with Gasteiger partial charge < -0.3 is 10.3 Å². The van der Waals surface area contributed by atoms with Gasteiger partial charge >= 0.3 is 0 Å². The highest BCUT2D eigenvalue weighted by atomic mass is 31.0. The number of rotatable bonds is 9. The maximum absolute atomic E-state index is 5.55. The second-order valence-corrected chi connectivity index (χ2v) is 5.58. The fraction of sp³-hybridized carbons (Fsp3) is 1.00. The van der Waals surface area contributed by atoms with Crippen LogP contribution in [0.1, 0.15) is 52.9 Å². The predicted octanol–water partition coefficient (Wildman–Crippen LogP) is 3.36. The highest BCUT2D eigenvalue weighted by Gasteiger charge is 2.22. The van der Waals surface area contributed by atoms with Gasteiger partial charge in [-0.15, -0.1) is 0 Å². The molecule has 0 bridgehead atoms. The normalized spacial score (nSPS) is 14.2. The minimum absolute atomic E-state index is 0.442. The summed E-state index contributed by atoms with van der Waals surface area (Å²) in [5.41, 5.74) is 5.99. The van der Waals surface area contributed by atoms with Crippen molar-refractivity contribution >= 4 is 9.47 Å². The maximum Gasteiger partial charge on any atom is 0.0530 e. The van der Waals surface area contributed by atoms with E-state index >= 15 is 0 Å². The van der Waals surface area contributed by atoms with Crippen molar-refractivity contribution in [3.8, 4) is 0 Å². The summed E-state index contributed by atoms with van der Waals surface area (Å²) in [6.45, 7) is 8.60. The monoisotopic (exact) mass is 233 g/mol. The maximum atomic E-state index is 5.55. The molecule has 0 aromatic heterocycles. The first-order valence-electron chi connectivity index (χ1n) is 6.07. The summed E-state index contributed by atoms with van der Waals surface area (Å²) in [6, 6.07) is 0. The van der Waals surface area contributed by atoms with Crippen LogP contribution in [0, 0.1) is 11.3 Å². The molecule has 0 aromatic carbocycles. The fourth-order valence-electron chi connectivity index (χ4n) is 2.35. The summed E-state index contributed by atoms with van der Waals surface area (Å²) in [5.74, 6) is 0.660. The van der Waals surface area contributed by atoms with Crippen LogP contribution in [0.5, 0.6) is 0 Å². The van der Waals surface area contributed by atoms with Crippen molar-refractivity contribution < 1.29 is 4.52 Å². The van der Waals surface area contributed by atoms with Crippen molar-refractivity contribution in [1.82, 2.24) is 0 Å². The molecule has 0 aliphatic rings. The average Bonchev–Trinajstić information content (AvgIpc) is 2.14. The molecule has 2 N–H and O–H groups in total. The Kier molecular flexibility index (Phi) is 8.69. The molecule has 0 spiro atoms. The van der Waals surface area contributed by atoms with Crippen LogP contribution in [0.2, 0.25) is 0 Å². The van der Waals surface area contributed by atoms with Gasteiger partial charge in [0.25, 0.3) is 0 Å². The van der Waals surface area contributed by atoms with Gasteiger partial charge in [-0.1, -0.05) is 27.2 Å². The van der Waals surface area contributed by atoms with Crippen molar-refractivity contribution in [2.45, 2.75) is 52.9 Å². The van der Waals surface area contributed by atoms with E-state index in [1.54, 1.807) is 0 Å². The molecule has 2 nitrogen and oxygen atoms in total. The van der Waals surface area contributed by atoms with Crippen LogP contribution in [0.4, 0.5) is 0 Å². The second-order valence-electron chi connectivity index (χ2n) is 5.25. The average molecular weight is 233 g/mol. The van der Waals surface area contributed by atoms with E-state index in [9.17, 15) is 0 Å². The standard InChI is InChI=1S/C12H28NOP/c1-4-7-12(2,3)9-11(10-14-15)6-5-8-13/h11H,4-10,13,15H2,1-3H3/t11-/m1/s1. The van der Waals surface area contributed by atoms with Gasteiger partial charge in [0, 0.05) is 9.47 Å². The SMILES string of the molecule is CCCC(C)(C)C[C@@H](CCCN)COP. The third-order valence-corrected chi connectivity index (χ3v) is 3.11. The van der Waals surface area contributed by atoms with Crippen molar-refractivity contribution in [1.29, 1.82) is 0 Å². The van der Waals surface area contributed by atoms with E-state index in [1.165, 1.54) is 25.7 Å². The molecule has 0 radical (unpaired) electrons. The molecule has 3 heteroatoms. The van der Waals surface area contributed by atoms with Crippen molar-refractivity contribution in [3.05, 3.63) is 0 Å². The first kappa shape index (κ1) is 15.3. The van der Waals surface area contributed by atoms with E-state index in [0.717, 1.165) is 19.6 Å². The molecule has 15 heavy (non-hydrogen) atoms. The zero-order valence-electron chi connectivity index (χ0n) is 10.6. The third kappa shape index (κ3) is 8.19. The summed E-state index contributed by atoms with van der Waals surface area (Å²) < 4.78 is 5.20. The molecule has 0 aliphatic heterocycles. The molecule has 0 saturated carbocycles. The Labute approximate surface area is 97.6 Å². The predicted molar refractivity (Wildman–Crippen MR) is 70.7 cm³/mol. The van der Waals surface area contributed by atoms with Gasteiger partial charge in [0.2, 0.25) is 0 Å². The van der Waals surface area contributed by atoms with Gasteiger partial charge in [-0.05, 0) is 43.6 Å². The Morgan fingerprint density at radius 1 is 1.40 bits per heavy atom. The van der Waals surface area contributed by atoms with Gasteiger partial charge in [-0.3, -0.25) is 0 Å². The number of hydrogen-bond acceptors (Lipinski definition) is 2. The lowest BCUT2D eigenvalue weighted by Gasteiger charge is -2.29. The molecule has 0 fully saturated rings. The minimum atomic E-state index is 0.442. The Morgan fingerprint density at radius 2 is 2.07 bits per heavy atom. The number of hydrogen-bond donors (Lipinski definition) is 1. The van der Waals surface area contributed by atoms with Crippen LogP contribution in [-0.2, 0) is 4.52 Å². The number of nitrogens with two attached hydrogens (primary N) is 1.